The summed E-state index contributed by atoms with van der Waals surface area (Å²) >= 11 is 1.73. The molecule has 0 spiro atoms. The van der Waals surface area contributed by atoms with Crippen molar-refractivity contribution in [2.75, 3.05) is 22.6 Å². The molecule has 1 aromatic rings. The Kier molecular flexibility index (Phi) is 5.27. The molecule has 0 aromatic heterocycles. The number of nitrogen functional groups attached to an aromatic ring is 1. The molecule has 4 nitrogen and oxygen atoms in total. The summed E-state index contributed by atoms with van der Waals surface area (Å²) in [4.78, 5) is 10.9. The molecule has 0 radical (unpaired) electrons. The van der Waals surface area contributed by atoms with Crippen LogP contribution in [0.5, 0.6) is 0 Å². The van der Waals surface area contributed by atoms with Crippen LogP contribution in [-0.4, -0.2) is 28.6 Å². The molecule has 1 atom stereocenters. The molecule has 0 bridgehead atoms. The van der Waals surface area contributed by atoms with E-state index in [4.69, 9.17) is 10.8 Å². The molecule has 0 saturated carbocycles. The maximum atomic E-state index is 13.6. The Labute approximate surface area is 110 Å². The van der Waals surface area contributed by atoms with E-state index in [9.17, 15) is 9.18 Å². The number of aromatic carboxylic acids is 1. The molecule has 6 heteroatoms. The maximum Gasteiger partial charge on any atom is 0.337 e. The molecule has 0 aliphatic heterocycles. The highest BCUT2D eigenvalue weighted by atomic mass is 32.2. The third-order valence-corrected chi connectivity index (χ3v) is 3.49. The van der Waals surface area contributed by atoms with Gasteiger partial charge in [0.15, 0.2) is 0 Å². The van der Waals surface area contributed by atoms with Crippen LogP contribution in [0.4, 0.5) is 15.8 Å². The quantitative estimate of drug-likeness (QED) is 0.694. The van der Waals surface area contributed by atoms with E-state index in [0.29, 0.717) is 0 Å². The minimum Gasteiger partial charge on any atom is -0.478 e. The zero-order chi connectivity index (χ0) is 13.7. The fourth-order valence-corrected chi connectivity index (χ4v) is 2.16. The van der Waals surface area contributed by atoms with Gasteiger partial charge in [-0.25, -0.2) is 9.18 Å². The van der Waals surface area contributed by atoms with Gasteiger partial charge < -0.3 is 16.2 Å². The fourth-order valence-electron chi connectivity index (χ4n) is 1.49. The highest BCUT2D eigenvalue weighted by Gasteiger charge is 2.14. The van der Waals surface area contributed by atoms with Gasteiger partial charge in [0, 0.05) is 17.5 Å². The molecule has 0 saturated heterocycles. The second-order valence-corrected chi connectivity index (χ2v) is 5.25. The van der Waals surface area contributed by atoms with Crippen molar-refractivity contribution in [3.63, 3.8) is 0 Å². The van der Waals surface area contributed by atoms with Gasteiger partial charge in [-0.1, -0.05) is 6.92 Å². The van der Waals surface area contributed by atoms with Gasteiger partial charge in [0.1, 0.15) is 5.82 Å². The Morgan fingerprint density at radius 3 is 2.83 bits per heavy atom. The molecule has 100 valence electrons. The smallest absolute Gasteiger partial charge is 0.337 e. The summed E-state index contributed by atoms with van der Waals surface area (Å²) in [5.41, 5.74) is 5.46. The number of nitrogens with one attached hydrogen (secondary N) is 1. The predicted molar refractivity (Wildman–Crippen MR) is 73.9 cm³/mol. The third kappa shape index (κ3) is 3.80. The lowest BCUT2D eigenvalue weighted by Crippen LogP contribution is -2.19. The lowest BCUT2D eigenvalue weighted by atomic mass is 10.1. The van der Waals surface area contributed by atoms with E-state index in [1.54, 1.807) is 11.8 Å². The summed E-state index contributed by atoms with van der Waals surface area (Å²) in [6.07, 6.45) is 0. The van der Waals surface area contributed by atoms with Crippen LogP contribution in [0.3, 0.4) is 0 Å². The molecule has 1 rings (SSSR count). The Hall–Kier alpha value is -1.43. The van der Waals surface area contributed by atoms with Crippen LogP contribution in [-0.2, 0) is 0 Å². The highest BCUT2D eigenvalue weighted by molar-refractivity contribution is 7.99. The SMILES string of the molecule is CCSCC(C)Nc1cc(C(=O)O)c(N)cc1F. The Morgan fingerprint density at radius 2 is 2.28 bits per heavy atom. The third-order valence-electron chi connectivity index (χ3n) is 2.34. The maximum absolute atomic E-state index is 13.6. The number of thioether (sulfide) groups is 1. The van der Waals surface area contributed by atoms with Crippen molar-refractivity contribution in [1.29, 1.82) is 0 Å². The first-order valence-corrected chi connectivity index (χ1v) is 6.77. The van der Waals surface area contributed by atoms with Gasteiger partial charge in [0.05, 0.1) is 11.3 Å². The van der Waals surface area contributed by atoms with Crippen molar-refractivity contribution >= 4 is 29.1 Å². The largest absolute Gasteiger partial charge is 0.478 e. The summed E-state index contributed by atoms with van der Waals surface area (Å²) in [5.74, 6) is 0.108. The molecule has 0 amide bonds. The first-order chi connectivity index (χ1) is 8.45. The van der Waals surface area contributed by atoms with Crippen molar-refractivity contribution < 1.29 is 14.3 Å². The molecule has 0 heterocycles. The van der Waals surface area contributed by atoms with Crippen molar-refractivity contribution in [3.8, 4) is 0 Å². The number of carbonyl (C=O) groups is 1. The predicted octanol–water partition coefficient (Wildman–Crippen LogP) is 2.66. The van der Waals surface area contributed by atoms with E-state index in [1.807, 2.05) is 13.8 Å². The fraction of sp³-hybridized carbons (Fsp3) is 0.417. The van der Waals surface area contributed by atoms with Gasteiger partial charge in [0.2, 0.25) is 0 Å². The minimum absolute atomic E-state index is 0.0507. The molecular weight excluding hydrogens is 255 g/mol. The van der Waals surface area contributed by atoms with Crippen LogP contribution in [0.2, 0.25) is 0 Å². The number of carboxylic acids is 1. The number of anilines is 2. The molecule has 1 unspecified atom stereocenters. The number of halogens is 1. The lowest BCUT2D eigenvalue weighted by Gasteiger charge is -2.16. The lowest BCUT2D eigenvalue weighted by molar-refractivity contribution is 0.0698. The normalized spacial score (nSPS) is 12.2. The molecule has 1 aromatic carbocycles. The van der Waals surface area contributed by atoms with Crippen LogP contribution < -0.4 is 11.1 Å². The van der Waals surface area contributed by atoms with E-state index >= 15 is 0 Å². The van der Waals surface area contributed by atoms with E-state index in [-0.39, 0.29) is 23.0 Å². The van der Waals surface area contributed by atoms with E-state index in [1.165, 1.54) is 6.07 Å². The zero-order valence-electron chi connectivity index (χ0n) is 10.4. The van der Waals surface area contributed by atoms with Gasteiger partial charge in [-0.3, -0.25) is 0 Å². The Morgan fingerprint density at radius 1 is 1.61 bits per heavy atom. The van der Waals surface area contributed by atoms with Crippen LogP contribution >= 0.6 is 11.8 Å². The Bertz CT molecular complexity index is 440. The number of benzene rings is 1. The van der Waals surface area contributed by atoms with E-state index in [0.717, 1.165) is 17.6 Å². The van der Waals surface area contributed by atoms with Crippen molar-refractivity contribution in [2.24, 2.45) is 0 Å². The van der Waals surface area contributed by atoms with Crippen LogP contribution in [0, 0.1) is 5.82 Å². The summed E-state index contributed by atoms with van der Waals surface area (Å²) in [5, 5.41) is 11.9. The average Bonchev–Trinajstić information content (AvgIpc) is 2.29. The first kappa shape index (κ1) is 14.6. The van der Waals surface area contributed by atoms with Crippen molar-refractivity contribution in [1.82, 2.24) is 0 Å². The second kappa shape index (κ2) is 6.49. The molecule has 4 N–H and O–H groups in total. The molecule has 0 aliphatic rings. The zero-order valence-corrected chi connectivity index (χ0v) is 11.2. The number of carboxylic acid groups (broad SMARTS) is 1. The van der Waals surface area contributed by atoms with Crippen molar-refractivity contribution in [3.05, 3.63) is 23.5 Å². The summed E-state index contributed by atoms with van der Waals surface area (Å²) in [6, 6.07) is 2.32. The number of rotatable bonds is 6. The van der Waals surface area contributed by atoms with E-state index in [2.05, 4.69) is 5.32 Å². The van der Waals surface area contributed by atoms with Gasteiger partial charge in [-0.15, -0.1) is 0 Å². The summed E-state index contributed by atoms with van der Waals surface area (Å²) in [7, 11) is 0. The Balaban J connectivity index is 2.88. The van der Waals surface area contributed by atoms with Gasteiger partial charge in [-0.05, 0) is 24.8 Å². The average molecular weight is 272 g/mol. The highest BCUT2D eigenvalue weighted by Crippen LogP contribution is 2.23. The first-order valence-electron chi connectivity index (χ1n) is 5.62. The number of nitrogens with two attached hydrogens (primary N) is 1. The van der Waals surface area contributed by atoms with Crippen molar-refractivity contribution in [2.45, 2.75) is 19.9 Å². The van der Waals surface area contributed by atoms with Gasteiger partial charge in [-0.2, -0.15) is 11.8 Å². The molecule has 0 fully saturated rings. The number of hydrogen-bond acceptors (Lipinski definition) is 4. The summed E-state index contributed by atoms with van der Waals surface area (Å²) in [6.45, 7) is 3.96. The monoisotopic (exact) mass is 272 g/mol. The molecule has 0 aliphatic carbocycles. The second-order valence-electron chi connectivity index (χ2n) is 3.93. The molecular formula is C12H17FN2O2S. The van der Waals surface area contributed by atoms with Gasteiger partial charge in [0.25, 0.3) is 0 Å². The number of hydrogen-bond donors (Lipinski definition) is 3. The summed E-state index contributed by atoms with van der Waals surface area (Å²) < 4.78 is 13.6. The van der Waals surface area contributed by atoms with Gasteiger partial charge >= 0.3 is 5.97 Å². The van der Waals surface area contributed by atoms with Crippen LogP contribution in [0.25, 0.3) is 0 Å². The standard InChI is InChI=1S/C12H17FN2O2S/c1-3-18-6-7(2)15-11-4-8(12(16)17)10(14)5-9(11)13/h4-5,7,15H,3,6,14H2,1-2H3,(H,16,17). The van der Waals surface area contributed by atoms with E-state index < -0.39 is 11.8 Å². The minimum atomic E-state index is -1.16. The topological polar surface area (TPSA) is 75.3 Å². The van der Waals surface area contributed by atoms with Crippen LogP contribution in [0.15, 0.2) is 12.1 Å². The van der Waals surface area contributed by atoms with Crippen LogP contribution in [0.1, 0.15) is 24.2 Å². The molecule has 18 heavy (non-hydrogen) atoms.